The summed E-state index contributed by atoms with van der Waals surface area (Å²) >= 11 is 0. The summed E-state index contributed by atoms with van der Waals surface area (Å²) in [5.41, 5.74) is 0. The Morgan fingerprint density at radius 2 is 1.70 bits per heavy atom. The van der Waals surface area contributed by atoms with E-state index in [1.807, 2.05) is 30.3 Å². The number of carbonyl (C=O) groups excluding carboxylic acids is 1. The molecule has 27 heavy (non-hydrogen) atoms. The second-order valence-electron chi connectivity index (χ2n) is 6.03. The molecular weight excluding hydrogens is 368 g/mol. The van der Waals surface area contributed by atoms with Gasteiger partial charge in [0.15, 0.2) is 0 Å². The molecule has 2 aromatic carbocycles. The van der Waals surface area contributed by atoms with Gasteiger partial charge in [0.25, 0.3) is 0 Å². The molecule has 0 saturated heterocycles. The molecule has 0 radical (unpaired) electrons. The Bertz CT molecular complexity index is 838. The van der Waals surface area contributed by atoms with Crippen LogP contribution >= 0.6 is 0 Å². The highest BCUT2D eigenvalue weighted by atomic mass is 32.2. The fourth-order valence-corrected chi connectivity index (χ4v) is 3.44. The topological polar surface area (TPSA) is 84.9 Å². The predicted molar refractivity (Wildman–Crippen MR) is 102 cm³/mol. The van der Waals surface area contributed by atoms with Crippen LogP contribution in [0.4, 0.5) is 0 Å². The average molecular weight is 392 g/mol. The van der Waals surface area contributed by atoms with Crippen molar-refractivity contribution in [1.29, 1.82) is 0 Å². The van der Waals surface area contributed by atoms with Crippen molar-refractivity contribution < 1.29 is 22.7 Å². The Balaban J connectivity index is 1.87. The highest BCUT2D eigenvalue weighted by molar-refractivity contribution is 7.89. The van der Waals surface area contributed by atoms with E-state index in [4.69, 9.17) is 9.47 Å². The molecule has 0 aliphatic carbocycles. The number of para-hydroxylation sites is 1. The van der Waals surface area contributed by atoms with Crippen LogP contribution in [0.5, 0.6) is 11.5 Å². The first-order valence-corrected chi connectivity index (χ1v) is 9.84. The fourth-order valence-electron chi connectivity index (χ4n) is 2.31. The van der Waals surface area contributed by atoms with Crippen LogP contribution in [0.1, 0.15) is 6.92 Å². The van der Waals surface area contributed by atoms with Crippen LogP contribution in [0.25, 0.3) is 0 Å². The summed E-state index contributed by atoms with van der Waals surface area (Å²) in [6.07, 6.45) is 0. The Kier molecular flexibility index (Phi) is 7.20. The van der Waals surface area contributed by atoms with E-state index in [0.717, 1.165) is 4.31 Å². The number of hydrogen-bond acceptors (Lipinski definition) is 5. The van der Waals surface area contributed by atoms with E-state index < -0.39 is 15.9 Å². The van der Waals surface area contributed by atoms with Crippen molar-refractivity contribution in [2.75, 3.05) is 27.3 Å². The van der Waals surface area contributed by atoms with Crippen LogP contribution in [0.2, 0.25) is 0 Å². The molecule has 7 nitrogen and oxygen atoms in total. The zero-order valence-corrected chi connectivity index (χ0v) is 16.4. The molecule has 1 atom stereocenters. The summed E-state index contributed by atoms with van der Waals surface area (Å²) < 4.78 is 36.7. The molecule has 2 rings (SSSR count). The maximum atomic E-state index is 12.5. The smallest absolute Gasteiger partial charge is 0.243 e. The van der Waals surface area contributed by atoms with Crippen molar-refractivity contribution in [2.24, 2.45) is 0 Å². The third-order valence-corrected chi connectivity index (χ3v) is 5.60. The molecule has 0 unspecified atom stereocenters. The molecule has 0 aliphatic heterocycles. The molecule has 146 valence electrons. The number of ether oxygens (including phenoxy) is 2. The molecule has 0 bridgehead atoms. The fraction of sp³-hybridized carbons (Fsp3) is 0.316. The molecule has 0 aliphatic rings. The third-order valence-electron chi connectivity index (χ3n) is 3.78. The highest BCUT2D eigenvalue weighted by Crippen LogP contribution is 2.18. The quantitative estimate of drug-likeness (QED) is 0.705. The van der Waals surface area contributed by atoms with Crippen molar-refractivity contribution in [3.63, 3.8) is 0 Å². The number of methoxy groups -OCH3 is 1. The van der Waals surface area contributed by atoms with Crippen molar-refractivity contribution in [2.45, 2.75) is 17.9 Å². The summed E-state index contributed by atoms with van der Waals surface area (Å²) in [6, 6.07) is 15.0. The lowest BCUT2D eigenvalue weighted by Crippen LogP contribution is -2.43. The largest absolute Gasteiger partial charge is 0.497 e. The lowest BCUT2D eigenvalue weighted by Gasteiger charge is -2.19. The molecule has 2 aromatic rings. The van der Waals surface area contributed by atoms with E-state index in [0.29, 0.717) is 11.5 Å². The van der Waals surface area contributed by atoms with Crippen LogP contribution in [0, 0.1) is 0 Å². The average Bonchev–Trinajstić information content (AvgIpc) is 2.67. The van der Waals surface area contributed by atoms with Gasteiger partial charge in [-0.2, -0.15) is 4.31 Å². The number of sulfonamides is 1. The summed E-state index contributed by atoms with van der Waals surface area (Å²) in [5, 5.41) is 2.73. The highest BCUT2D eigenvalue weighted by Gasteiger charge is 2.23. The SMILES string of the molecule is COc1ccc(S(=O)(=O)N(C)CC(=O)N[C@@H](C)COc2ccccc2)cc1. The van der Waals surface area contributed by atoms with Gasteiger partial charge in [0, 0.05) is 7.05 Å². The maximum absolute atomic E-state index is 12.5. The number of benzene rings is 2. The normalized spacial score (nSPS) is 12.4. The molecular formula is C19H24N2O5S. The van der Waals surface area contributed by atoms with E-state index in [1.165, 1.54) is 26.3 Å². The van der Waals surface area contributed by atoms with Gasteiger partial charge in [0.1, 0.15) is 18.1 Å². The number of amides is 1. The Hall–Kier alpha value is -2.58. The molecule has 1 amide bonds. The van der Waals surface area contributed by atoms with Gasteiger partial charge in [-0.15, -0.1) is 0 Å². The van der Waals surface area contributed by atoms with Crippen molar-refractivity contribution >= 4 is 15.9 Å². The number of carbonyl (C=O) groups is 1. The van der Waals surface area contributed by atoms with Gasteiger partial charge < -0.3 is 14.8 Å². The number of likely N-dealkylation sites (N-methyl/N-ethyl adjacent to an activating group) is 1. The van der Waals surface area contributed by atoms with Gasteiger partial charge in [-0.3, -0.25) is 4.79 Å². The number of hydrogen-bond donors (Lipinski definition) is 1. The maximum Gasteiger partial charge on any atom is 0.243 e. The second-order valence-corrected chi connectivity index (χ2v) is 8.07. The van der Waals surface area contributed by atoms with Gasteiger partial charge >= 0.3 is 0 Å². The number of nitrogens with one attached hydrogen (secondary N) is 1. The summed E-state index contributed by atoms with van der Waals surface area (Å²) in [7, 11) is -0.896. The van der Waals surface area contributed by atoms with E-state index in [-0.39, 0.29) is 24.1 Å². The third kappa shape index (κ3) is 5.97. The van der Waals surface area contributed by atoms with E-state index in [9.17, 15) is 13.2 Å². The zero-order chi connectivity index (χ0) is 19.9. The molecule has 0 saturated carbocycles. The first-order chi connectivity index (χ1) is 12.8. The van der Waals surface area contributed by atoms with Gasteiger partial charge in [-0.05, 0) is 43.3 Å². The van der Waals surface area contributed by atoms with Crippen molar-refractivity contribution in [3.05, 3.63) is 54.6 Å². The first kappa shape index (κ1) is 20.7. The van der Waals surface area contributed by atoms with Gasteiger partial charge in [0.05, 0.1) is 24.6 Å². The Morgan fingerprint density at radius 1 is 1.07 bits per heavy atom. The molecule has 0 aromatic heterocycles. The van der Waals surface area contributed by atoms with E-state index in [2.05, 4.69) is 5.32 Å². The van der Waals surface area contributed by atoms with Crippen LogP contribution in [-0.4, -0.2) is 52.0 Å². The molecule has 0 fully saturated rings. The van der Waals surface area contributed by atoms with Gasteiger partial charge in [-0.1, -0.05) is 18.2 Å². The van der Waals surface area contributed by atoms with Gasteiger partial charge in [0.2, 0.25) is 15.9 Å². The lowest BCUT2D eigenvalue weighted by atomic mass is 10.3. The Morgan fingerprint density at radius 3 is 2.30 bits per heavy atom. The van der Waals surface area contributed by atoms with Crippen LogP contribution < -0.4 is 14.8 Å². The zero-order valence-electron chi connectivity index (χ0n) is 15.6. The van der Waals surface area contributed by atoms with Crippen molar-refractivity contribution in [3.8, 4) is 11.5 Å². The first-order valence-electron chi connectivity index (χ1n) is 8.40. The van der Waals surface area contributed by atoms with Crippen LogP contribution in [0.3, 0.4) is 0 Å². The van der Waals surface area contributed by atoms with E-state index >= 15 is 0 Å². The summed E-state index contributed by atoms with van der Waals surface area (Å²) in [5.74, 6) is 0.859. The molecule has 8 heteroatoms. The number of rotatable bonds is 9. The molecule has 0 spiro atoms. The second kappa shape index (κ2) is 9.38. The summed E-state index contributed by atoms with van der Waals surface area (Å²) in [4.78, 5) is 12.3. The minimum atomic E-state index is -3.76. The minimum Gasteiger partial charge on any atom is -0.497 e. The minimum absolute atomic E-state index is 0.0964. The molecule has 0 heterocycles. The van der Waals surface area contributed by atoms with E-state index in [1.54, 1.807) is 19.1 Å². The standard InChI is InChI=1S/C19H24N2O5S/c1-15(14-26-17-7-5-4-6-8-17)20-19(22)13-21(2)27(23,24)18-11-9-16(25-3)10-12-18/h4-12,15H,13-14H2,1-3H3,(H,20,22)/t15-/m0/s1. The number of nitrogens with zero attached hydrogens (tertiary/aromatic N) is 1. The van der Waals surface area contributed by atoms with Crippen molar-refractivity contribution in [1.82, 2.24) is 9.62 Å². The lowest BCUT2D eigenvalue weighted by molar-refractivity contribution is -0.121. The molecule has 1 N–H and O–H groups in total. The summed E-state index contributed by atoms with van der Waals surface area (Å²) in [6.45, 7) is 1.79. The predicted octanol–water partition coefficient (Wildman–Crippen LogP) is 1.90. The van der Waals surface area contributed by atoms with Crippen LogP contribution in [0.15, 0.2) is 59.5 Å². The van der Waals surface area contributed by atoms with Gasteiger partial charge in [-0.25, -0.2) is 8.42 Å². The van der Waals surface area contributed by atoms with Crippen LogP contribution in [-0.2, 0) is 14.8 Å². The monoisotopic (exact) mass is 392 g/mol. The Labute approximate surface area is 160 Å².